The van der Waals surface area contributed by atoms with Crippen molar-refractivity contribution in [2.45, 2.75) is 32.5 Å². The number of nitrogens with one attached hydrogen (secondary N) is 1. The number of aryl methyl sites for hydroxylation is 1. The molecule has 0 aliphatic carbocycles. The number of aliphatic hydroxyl groups is 1. The first-order valence-electron chi connectivity index (χ1n) is 10.6. The third-order valence-electron chi connectivity index (χ3n) is 4.85. The van der Waals surface area contributed by atoms with Gasteiger partial charge in [-0.3, -0.25) is 0 Å². The van der Waals surface area contributed by atoms with E-state index in [0.29, 0.717) is 41.1 Å². The second-order valence-electron chi connectivity index (χ2n) is 7.77. The lowest BCUT2D eigenvalue weighted by atomic mass is 10.1. The zero-order valence-corrected chi connectivity index (χ0v) is 21.2. The molecule has 0 aliphatic heterocycles. The molecule has 0 saturated heterocycles. The normalized spacial score (nSPS) is 12.9. The van der Waals surface area contributed by atoms with Gasteiger partial charge in [0, 0.05) is 17.5 Å². The van der Waals surface area contributed by atoms with Gasteiger partial charge in [0.05, 0.1) is 25.6 Å². The van der Waals surface area contributed by atoms with Gasteiger partial charge in [0.1, 0.15) is 11.4 Å². The molecule has 0 aliphatic rings. The van der Waals surface area contributed by atoms with E-state index < -0.39 is 22.6 Å². The number of hydrogen-bond acceptors (Lipinski definition) is 9. The Balaban J connectivity index is 1.83. The van der Waals surface area contributed by atoms with Crippen LogP contribution in [0.2, 0.25) is 0 Å². The van der Waals surface area contributed by atoms with Crippen molar-refractivity contribution in [3.8, 4) is 11.6 Å². The highest BCUT2D eigenvalue weighted by Crippen LogP contribution is 2.30. The maximum atomic E-state index is 12.4. The highest BCUT2D eigenvalue weighted by molar-refractivity contribution is 7.88. The number of sulfonamides is 1. The van der Waals surface area contributed by atoms with Crippen molar-refractivity contribution in [1.29, 1.82) is 0 Å². The minimum absolute atomic E-state index is 0.178. The van der Waals surface area contributed by atoms with E-state index in [1.165, 1.54) is 30.6 Å². The SMILES string of the molecule is COc1cccc(CN(CCc2ccc(OC(F)(F)F)cc2)c2nc(C(O)NS(C)(=O)=O)c(C)s2)n1. The topological polar surface area (TPSA) is 114 Å². The summed E-state index contributed by atoms with van der Waals surface area (Å²) in [6.45, 7) is 2.43. The Morgan fingerprint density at radius 2 is 1.86 bits per heavy atom. The Hall–Kier alpha value is -2.94. The number of ether oxygens (including phenoxy) is 2. The molecular formula is C22H25F3N4O5S2. The molecule has 1 aromatic carbocycles. The Morgan fingerprint density at radius 3 is 2.47 bits per heavy atom. The molecule has 0 amide bonds. The quantitative estimate of drug-likeness (QED) is 0.351. The number of rotatable bonds is 11. The minimum Gasteiger partial charge on any atom is -0.481 e. The molecule has 2 N–H and O–H groups in total. The number of anilines is 1. The van der Waals surface area contributed by atoms with Crippen molar-refractivity contribution in [3.05, 3.63) is 64.3 Å². The van der Waals surface area contributed by atoms with Crippen LogP contribution in [0.4, 0.5) is 18.3 Å². The Morgan fingerprint density at radius 1 is 1.17 bits per heavy atom. The molecule has 3 rings (SSSR count). The maximum Gasteiger partial charge on any atom is 0.573 e. The third-order valence-corrected chi connectivity index (χ3v) is 6.55. The number of methoxy groups -OCH3 is 1. The van der Waals surface area contributed by atoms with E-state index in [1.54, 1.807) is 37.3 Å². The van der Waals surface area contributed by atoms with Crippen LogP contribution in [0.5, 0.6) is 11.6 Å². The molecule has 14 heteroatoms. The standard InChI is InChI=1S/C22H25F3N4O5S2/c1-14-19(20(30)28-36(3,31)32)27-21(35-14)29(13-16-5-4-6-18(26-16)33-2)12-11-15-7-9-17(10-8-15)34-22(23,24)25/h4-10,20,28,30H,11-13H2,1-3H3. The lowest BCUT2D eigenvalue weighted by Crippen LogP contribution is -2.28. The Kier molecular flexibility index (Phi) is 8.76. The predicted molar refractivity (Wildman–Crippen MR) is 128 cm³/mol. The number of thiazole rings is 1. The van der Waals surface area contributed by atoms with Crippen LogP contribution in [-0.4, -0.2) is 49.8 Å². The molecular weight excluding hydrogens is 521 g/mol. The van der Waals surface area contributed by atoms with Gasteiger partial charge in [-0.05, 0) is 37.1 Å². The van der Waals surface area contributed by atoms with E-state index in [1.807, 2.05) is 4.90 Å². The summed E-state index contributed by atoms with van der Waals surface area (Å²) in [4.78, 5) is 11.4. The van der Waals surface area contributed by atoms with E-state index in [-0.39, 0.29) is 11.4 Å². The van der Waals surface area contributed by atoms with Crippen LogP contribution >= 0.6 is 11.3 Å². The summed E-state index contributed by atoms with van der Waals surface area (Å²) in [5, 5.41) is 10.8. The molecule has 36 heavy (non-hydrogen) atoms. The molecule has 3 aromatic rings. The molecule has 0 saturated carbocycles. The molecule has 0 radical (unpaired) electrons. The molecule has 2 heterocycles. The van der Waals surface area contributed by atoms with Crippen LogP contribution in [-0.2, 0) is 23.0 Å². The Labute approximate surface area is 210 Å². The smallest absolute Gasteiger partial charge is 0.481 e. The summed E-state index contributed by atoms with van der Waals surface area (Å²) in [5.41, 5.74) is 1.62. The largest absolute Gasteiger partial charge is 0.573 e. The fourth-order valence-corrected chi connectivity index (χ4v) is 4.74. The van der Waals surface area contributed by atoms with Crippen molar-refractivity contribution in [2.24, 2.45) is 0 Å². The number of pyridine rings is 1. The fourth-order valence-electron chi connectivity index (χ4n) is 3.26. The van der Waals surface area contributed by atoms with E-state index in [4.69, 9.17) is 4.74 Å². The molecule has 0 spiro atoms. The van der Waals surface area contributed by atoms with Crippen molar-refractivity contribution >= 4 is 26.5 Å². The lowest BCUT2D eigenvalue weighted by molar-refractivity contribution is -0.274. The number of hydrogen-bond donors (Lipinski definition) is 2. The van der Waals surface area contributed by atoms with Gasteiger partial charge in [-0.2, -0.15) is 4.72 Å². The second-order valence-corrected chi connectivity index (χ2v) is 10.7. The van der Waals surface area contributed by atoms with Crippen molar-refractivity contribution in [3.63, 3.8) is 0 Å². The number of aliphatic hydroxyl groups excluding tert-OH is 1. The highest BCUT2D eigenvalue weighted by atomic mass is 32.2. The Bertz CT molecular complexity index is 1270. The average Bonchev–Trinajstić information content (AvgIpc) is 3.17. The lowest BCUT2D eigenvalue weighted by Gasteiger charge is -2.22. The molecule has 0 bridgehead atoms. The summed E-state index contributed by atoms with van der Waals surface area (Å²) in [6, 6.07) is 10.9. The summed E-state index contributed by atoms with van der Waals surface area (Å²) < 4.78 is 71.5. The predicted octanol–water partition coefficient (Wildman–Crippen LogP) is 3.54. The molecule has 0 fully saturated rings. The van der Waals surface area contributed by atoms with Crippen LogP contribution in [0.15, 0.2) is 42.5 Å². The number of benzene rings is 1. The van der Waals surface area contributed by atoms with Gasteiger partial charge in [0.25, 0.3) is 0 Å². The van der Waals surface area contributed by atoms with Crippen LogP contribution in [0.25, 0.3) is 0 Å². The average molecular weight is 547 g/mol. The van der Waals surface area contributed by atoms with Gasteiger partial charge >= 0.3 is 6.36 Å². The van der Waals surface area contributed by atoms with Gasteiger partial charge < -0.3 is 19.5 Å². The highest BCUT2D eigenvalue weighted by Gasteiger charge is 2.31. The van der Waals surface area contributed by atoms with E-state index in [2.05, 4.69) is 19.4 Å². The first-order valence-corrected chi connectivity index (χ1v) is 13.3. The molecule has 1 atom stereocenters. The van der Waals surface area contributed by atoms with Crippen LogP contribution in [0, 0.1) is 6.92 Å². The van der Waals surface area contributed by atoms with Gasteiger partial charge in [-0.25, -0.2) is 18.4 Å². The number of nitrogens with zero attached hydrogens (tertiary/aromatic N) is 3. The van der Waals surface area contributed by atoms with Crippen molar-refractivity contribution < 1.29 is 36.2 Å². The fraction of sp³-hybridized carbons (Fsp3) is 0.364. The summed E-state index contributed by atoms with van der Waals surface area (Å²) >= 11 is 1.27. The van der Waals surface area contributed by atoms with E-state index in [0.717, 1.165) is 11.8 Å². The number of aromatic nitrogens is 2. The number of halogens is 3. The van der Waals surface area contributed by atoms with Gasteiger partial charge in [-0.15, -0.1) is 24.5 Å². The second kappa shape index (κ2) is 11.4. The van der Waals surface area contributed by atoms with E-state index in [9.17, 15) is 26.7 Å². The van der Waals surface area contributed by atoms with Crippen molar-refractivity contribution in [1.82, 2.24) is 14.7 Å². The van der Waals surface area contributed by atoms with Crippen LogP contribution in [0.1, 0.15) is 28.1 Å². The van der Waals surface area contributed by atoms with E-state index >= 15 is 0 Å². The zero-order valence-electron chi connectivity index (χ0n) is 19.6. The minimum atomic E-state index is -4.76. The summed E-state index contributed by atoms with van der Waals surface area (Å²) in [6.07, 6.45) is -4.89. The first-order chi connectivity index (χ1) is 16.8. The first kappa shape index (κ1) is 27.6. The molecule has 196 valence electrons. The van der Waals surface area contributed by atoms with Gasteiger partial charge in [0.15, 0.2) is 11.4 Å². The molecule has 9 nitrogen and oxygen atoms in total. The van der Waals surface area contributed by atoms with Gasteiger partial charge in [0.2, 0.25) is 15.9 Å². The van der Waals surface area contributed by atoms with Crippen LogP contribution in [0.3, 0.4) is 0 Å². The number of alkyl halides is 3. The monoisotopic (exact) mass is 546 g/mol. The summed E-state index contributed by atoms with van der Waals surface area (Å²) in [7, 11) is -2.17. The van der Waals surface area contributed by atoms with Crippen LogP contribution < -0.4 is 19.1 Å². The maximum absolute atomic E-state index is 12.4. The van der Waals surface area contributed by atoms with Gasteiger partial charge in [-0.1, -0.05) is 18.2 Å². The summed E-state index contributed by atoms with van der Waals surface area (Å²) in [5.74, 6) is 0.118. The van der Waals surface area contributed by atoms with Crippen molar-refractivity contribution in [2.75, 3.05) is 24.8 Å². The molecule has 2 aromatic heterocycles. The third kappa shape index (κ3) is 8.33. The molecule has 1 unspecified atom stereocenters. The zero-order chi connectivity index (χ0) is 26.5.